The topological polar surface area (TPSA) is 97.9 Å². The number of phenols is 1. The Morgan fingerprint density at radius 1 is 1.28 bits per heavy atom. The molecule has 2 aromatic carbocycles. The molecule has 3 heterocycles. The Bertz CT molecular complexity index is 1350. The standard InChI is InChI=1S/C27H31FN4O4/c1-15(2)14-29-8-9-31-25(34)27(3)13-19-18-11-22(36-4)20(28)12-21(18)30-23(19)24(32(27)26(31)35)16-6-5-7-17(33)10-16/h5-7,10-12,15,24,29-30,33H,8-9,13-14H2,1-4H3/t24-,27+/m1/s1. The summed E-state index contributed by atoms with van der Waals surface area (Å²) in [6.45, 7) is 7.53. The number of carbonyl (C=O) groups excluding carboxylic acids is 2. The summed E-state index contributed by atoms with van der Waals surface area (Å²) < 4.78 is 19.7. The number of ether oxygens (including phenoxy) is 1. The summed E-state index contributed by atoms with van der Waals surface area (Å²) in [7, 11) is 1.41. The molecule has 0 spiro atoms. The van der Waals surface area contributed by atoms with Crippen LogP contribution >= 0.6 is 0 Å². The van der Waals surface area contributed by atoms with Crippen molar-refractivity contribution in [3.05, 3.63) is 59.0 Å². The molecular weight excluding hydrogens is 463 g/mol. The number of nitrogens with one attached hydrogen (secondary N) is 2. The monoisotopic (exact) mass is 494 g/mol. The number of hydrogen-bond donors (Lipinski definition) is 3. The lowest BCUT2D eigenvalue weighted by atomic mass is 9.81. The third-order valence-electron chi connectivity index (χ3n) is 7.19. The van der Waals surface area contributed by atoms with Gasteiger partial charge in [0.1, 0.15) is 17.3 Å². The average molecular weight is 495 g/mol. The van der Waals surface area contributed by atoms with Gasteiger partial charge in [0.25, 0.3) is 5.91 Å². The molecule has 5 rings (SSSR count). The zero-order valence-corrected chi connectivity index (χ0v) is 20.9. The smallest absolute Gasteiger partial charge is 0.328 e. The number of fused-ring (bicyclic) bond motifs is 4. The zero-order chi connectivity index (χ0) is 25.8. The first-order chi connectivity index (χ1) is 17.2. The number of hydrogen-bond acceptors (Lipinski definition) is 5. The average Bonchev–Trinajstić information content (AvgIpc) is 3.26. The number of benzene rings is 2. The molecular formula is C27H31FN4O4. The molecule has 1 fully saturated rings. The van der Waals surface area contributed by atoms with Crippen molar-refractivity contribution < 1.29 is 23.8 Å². The molecule has 2 aliphatic rings. The van der Waals surface area contributed by atoms with E-state index in [1.807, 2.05) is 6.07 Å². The lowest BCUT2D eigenvalue weighted by Gasteiger charge is -2.42. The highest BCUT2D eigenvalue weighted by Gasteiger charge is 2.60. The maximum absolute atomic E-state index is 14.5. The van der Waals surface area contributed by atoms with Crippen LogP contribution in [0.2, 0.25) is 0 Å². The van der Waals surface area contributed by atoms with Crippen molar-refractivity contribution >= 4 is 22.8 Å². The second-order valence-corrected chi connectivity index (χ2v) is 10.2. The summed E-state index contributed by atoms with van der Waals surface area (Å²) >= 11 is 0. The molecule has 0 saturated carbocycles. The molecule has 1 saturated heterocycles. The molecule has 0 aliphatic carbocycles. The van der Waals surface area contributed by atoms with E-state index in [1.165, 1.54) is 18.1 Å². The van der Waals surface area contributed by atoms with Gasteiger partial charge in [-0.25, -0.2) is 9.18 Å². The number of halogens is 1. The maximum Gasteiger partial charge on any atom is 0.328 e. The number of urea groups is 1. The molecule has 0 bridgehead atoms. The van der Waals surface area contributed by atoms with Crippen LogP contribution in [0.15, 0.2) is 36.4 Å². The van der Waals surface area contributed by atoms with E-state index in [2.05, 4.69) is 24.1 Å². The van der Waals surface area contributed by atoms with Crippen LogP contribution in [-0.2, 0) is 11.2 Å². The van der Waals surface area contributed by atoms with Crippen LogP contribution in [0.3, 0.4) is 0 Å². The Balaban J connectivity index is 1.63. The van der Waals surface area contributed by atoms with Gasteiger partial charge in [-0.15, -0.1) is 0 Å². The quantitative estimate of drug-likeness (QED) is 0.342. The predicted octanol–water partition coefficient (Wildman–Crippen LogP) is 3.94. The normalized spacial score (nSPS) is 21.4. The summed E-state index contributed by atoms with van der Waals surface area (Å²) in [5.74, 6) is -0.154. The number of rotatable bonds is 7. The summed E-state index contributed by atoms with van der Waals surface area (Å²) in [5, 5.41) is 14.3. The molecule has 3 amide bonds. The number of carbonyl (C=O) groups is 2. The number of aromatic nitrogens is 1. The second kappa shape index (κ2) is 8.81. The lowest BCUT2D eigenvalue weighted by Crippen LogP contribution is -2.53. The van der Waals surface area contributed by atoms with Crippen LogP contribution in [0.5, 0.6) is 11.5 Å². The minimum absolute atomic E-state index is 0.0536. The Hall–Kier alpha value is -3.59. The van der Waals surface area contributed by atoms with Crippen molar-refractivity contribution in [2.45, 2.75) is 38.8 Å². The van der Waals surface area contributed by atoms with Gasteiger partial charge in [-0.1, -0.05) is 26.0 Å². The fourth-order valence-corrected chi connectivity index (χ4v) is 5.49. The second-order valence-electron chi connectivity index (χ2n) is 10.2. The van der Waals surface area contributed by atoms with Gasteiger partial charge in [-0.3, -0.25) is 14.6 Å². The number of aromatic hydroxyl groups is 1. The minimum atomic E-state index is -1.14. The number of H-pyrrole nitrogens is 1. The van der Waals surface area contributed by atoms with Crippen LogP contribution < -0.4 is 10.1 Å². The zero-order valence-electron chi connectivity index (χ0n) is 20.9. The fourth-order valence-electron chi connectivity index (χ4n) is 5.49. The van der Waals surface area contributed by atoms with Crippen LogP contribution in [0.1, 0.15) is 43.6 Å². The van der Waals surface area contributed by atoms with Crippen molar-refractivity contribution in [2.75, 3.05) is 26.7 Å². The molecule has 190 valence electrons. The van der Waals surface area contributed by atoms with Crippen LogP contribution in [0, 0.1) is 11.7 Å². The van der Waals surface area contributed by atoms with Crippen LogP contribution in [-0.4, -0.2) is 64.1 Å². The van der Waals surface area contributed by atoms with E-state index in [0.717, 1.165) is 17.5 Å². The number of methoxy groups -OCH3 is 1. The number of phenolic OH excluding ortho intramolecular Hbond substituents is 1. The predicted molar refractivity (Wildman–Crippen MR) is 134 cm³/mol. The third kappa shape index (κ3) is 3.69. The molecule has 8 nitrogen and oxygen atoms in total. The van der Waals surface area contributed by atoms with Gasteiger partial charge in [-0.2, -0.15) is 0 Å². The lowest BCUT2D eigenvalue weighted by molar-refractivity contribution is -0.133. The van der Waals surface area contributed by atoms with Gasteiger partial charge in [0.05, 0.1) is 7.11 Å². The number of imide groups is 1. The molecule has 3 aromatic rings. The van der Waals surface area contributed by atoms with Crippen molar-refractivity contribution in [1.29, 1.82) is 0 Å². The van der Waals surface area contributed by atoms with E-state index >= 15 is 0 Å². The van der Waals surface area contributed by atoms with E-state index in [1.54, 1.807) is 36.1 Å². The van der Waals surface area contributed by atoms with Gasteiger partial charge in [0.15, 0.2) is 11.6 Å². The fraction of sp³-hybridized carbons (Fsp3) is 0.407. The van der Waals surface area contributed by atoms with Crippen molar-refractivity contribution in [1.82, 2.24) is 20.1 Å². The Morgan fingerprint density at radius 3 is 2.75 bits per heavy atom. The van der Waals surface area contributed by atoms with E-state index in [0.29, 0.717) is 29.2 Å². The Kier molecular flexibility index (Phi) is 5.90. The molecule has 0 radical (unpaired) electrons. The summed E-state index contributed by atoms with van der Waals surface area (Å²) in [6, 6.07) is 8.63. The first-order valence-corrected chi connectivity index (χ1v) is 12.2. The summed E-state index contributed by atoms with van der Waals surface area (Å²) in [6.07, 6.45) is 0.271. The first-order valence-electron chi connectivity index (χ1n) is 12.2. The van der Waals surface area contributed by atoms with Gasteiger partial charge >= 0.3 is 6.03 Å². The van der Waals surface area contributed by atoms with Gasteiger partial charge in [0, 0.05) is 42.2 Å². The first kappa shape index (κ1) is 24.1. The largest absolute Gasteiger partial charge is 0.508 e. The van der Waals surface area contributed by atoms with Crippen molar-refractivity contribution in [2.24, 2.45) is 5.92 Å². The molecule has 36 heavy (non-hydrogen) atoms. The van der Waals surface area contributed by atoms with E-state index in [-0.39, 0.29) is 36.4 Å². The van der Waals surface area contributed by atoms with E-state index in [9.17, 15) is 19.1 Å². The van der Waals surface area contributed by atoms with Gasteiger partial charge in [0.2, 0.25) is 0 Å². The molecule has 0 unspecified atom stereocenters. The Labute approximate surface area is 209 Å². The number of amides is 3. The third-order valence-corrected chi connectivity index (χ3v) is 7.19. The molecule has 1 aromatic heterocycles. The molecule has 2 atom stereocenters. The van der Waals surface area contributed by atoms with Crippen molar-refractivity contribution in [3.8, 4) is 11.5 Å². The van der Waals surface area contributed by atoms with Gasteiger partial charge < -0.3 is 20.1 Å². The molecule has 9 heteroatoms. The van der Waals surface area contributed by atoms with Crippen molar-refractivity contribution in [3.63, 3.8) is 0 Å². The van der Waals surface area contributed by atoms with Crippen LogP contribution in [0.25, 0.3) is 10.9 Å². The highest BCUT2D eigenvalue weighted by molar-refractivity contribution is 6.08. The summed E-state index contributed by atoms with van der Waals surface area (Å²) in [4.78, 5) is 33.8. The molecule has 2 aliphatic heterocycles. The summed E-state index contributed by atoms with van der Waals surface area (Å²) in [5.41, 5.74) is 1.59. The maximum atomic E-state index is 14.5. The van der Waals surface area contributed by atoms with Crippen LogP contribution in [0.4, 0.5) is 9.18 Å². The highest BCUT2D eigenvalue weighted by atomic mass is 19.1. The molecule has 3 N–H and O–H groups in total. The van der Waals surface area contributed by atoms with E-state index < -0.39 is 17.4 Å². The number of aromatic amines is 1. The van der Waals surface area contributed by atoms with Gasteiger partial charge in [-0.05, 0) is 48.7 Å². The number of nitrogens with zero attached hydrogens (tertiary/aromatic N) is 2. The van der Waals surface area contributed by atoms with E-state index in [4.69, 9.17) is 4.74 Å². The SMILES string of the molecule is COc1cc2c3c([nH]c2cc1F)[C@@H](c1cccc(O)c1)N1C(=O)N(CCNCC(C)C)C(=O)[C@]1(C)C3. The highest BCUT2D eigenvalue weighted by Crippen LogP contribution is 2.49. The minimum Gasteiger partial charge on any atom is -0.508 e. The Morgan fingerprint density at radius 2 is 2.06 bits per heavy atom.